The third-order valence-electron chi connectivity index (χ3n) is 2.56. The number of thiophene rings is 1. The molecular weight excluding hydrogens is 339 g/mol. The van der Waals surface area contributed by atoms with Crippen molar-refractivity contribution in [2.75, 3.05) is 6.61 Å². The summed E-state index contributed by atoms with van der Waals surface area (Å²) < 4.78 is 62.9. The molecule has 0 unspecified atom stereocenters. The van der Waals surface area contributed by atoms with Gasteiger partial charge in [0.25, 0.3) is 0 Å². The molecule has 0 radical (unpaired) electrons. The molecule has 4 nitrogen and oxygen atoms in total. The van der Waals surface area contributed by atoms with Gasteiger partial charge in [-0.1, -0.05) is 18.5 Å². The molecule has 1 heterocycles. The van der Waals surface area contributed by atoms with Gasteiger partial charge in [-0.25, -0.2) is 13.1 Å². The van der Waals surface area contributed by atoms with Crippen LogP contribution in [0.2, 0.25) is 4.34 Å². The molecule has 1 rings (SSSR count). The first-order chi connectivity index (χ1) is 9.05. The summed E-state index contributed by atoms with van der Waals surface area (Å²) in [5.41, 5.74) is 0. The van der Waals surface area contributed by atoms with Gasteiger partial charge in [0, 0.05) is 12.5 Å². The van der Waals surface area contributed by atoms with Crippen molar-refractivity contribution in [3.8, 4) is 0 Å². The highest BCUT2D eigenvalue weighted by Crippen LogP contribution is 2.28. The van der Waals surface area contributed by atoms with Crippen molar-refractivity contribution < 1.29 is 26.7 Å². The zero-order valence-corrected chi connectivity index (χ0v) is 12.7. The second-order valence-corrected chi connectivity index (χ2v) is 7.92. The van der Waals surface area contributed by atoms with E-state index in [1.165, 1.54) is 19.1 Å². The molecule has 0 amide bonds. The number of nitrogens with one attached hydrogen (secondary N) is 1. The van der Waals surface area contributed by atoms with E-state index in [1.807, 2.05) is 0 Å². The second-order valence-electron chi connectivity index (χ2n) is 4.27. The summed E-state index contributed by atoms with van der Waals surface area (Å²) in [7, 11) is -3.99. The van der Waals surface area contributed by atoms with Gasteiger partial charge in [0.15, 0.2) is 0 Å². The van der Waals surface area contributed by atoms with Crippen molar-refractivity contribution in [3.63, 3.8) is 0 Å². The third kappa shape index (κ3) is 5.21. The Morgan fingerprint density at radius 3 is 2.45 bits per heavy atom. The van der Waals surface area contributed by atoms with Crippen molar-refractivity contribution in [1.29, 1.82) is 0 Å². The molecule has 0 fully saturated rings. The predicted octanol–water partition coefficient (Wildman–Crippen LogP) is 2.63. The largest absolute Gasteiger partial charge is 0.395 e. The van der Waals surface area contributed by atoms with E-state index in [1.54, 1.807) is 0 Å². The van der Waals surface area contributed by atoms with Crippen LogP contribution in [0, 0.1) is 5.92 Å². The Morgan fingerprint density at radius 1 is 1.45 bits per heavy atom. The Balaban J connectivity index is 2.82. The van der Waals surface area contributed by atoms with Crippen LogP contribution in [0.3, 0.4) is 0 Å². The maximum atomic E-state index is 12.3. The zero-order chi connectivity index (χ0) is 15.6. The van der Waals surface area contributed by atoms with E-state index in [0.717, 1.165) is 11.3 Å². The van der Waals surface area contributed by atoms with Crippen LogP contribution in [-0.4, -0.2) is 32.3 Å². The van der Waals surface area contributed by atoms with Crippen molar-refractivity contribution >= 4 is 33.0 Å². The molecule has 116 valence electrons. The SMILES string of the molecule is C[C@@H](CC(F)(F)F)[C@@H](CO)NS(=O)(=O)c1ccc(Cl)s1. The van der Waals surface area contributed by atoms with Crippen molar-refractivity contribution in [3.05, 3.63) is 16.5 Å². The summed E-state index contributed by atoms with van der Waals surface area (Å²) in [6.45, 7) is 0.494. The van der Waals surface area contributed by atoms with Gasteiger partial charge in [0.1, 0.15) is 4.21 Å². The number of sulfonamides is 1. The molecule has 0 saturated carbocycles. The smallest absolute Gasteiger partial charge is 0.389 e. The number of aliphatic hydroxyl groups is 1. The number of rotatable bonds is 6. The van der Waals surface area contributed by atoms with Crippen LogP contribution in [0.25, 0.3) is 0 Å². The van der Waals surface area contributed by atoms with Gasteiger partial charge in [-0.05, 0) is 18.1 Å². The third-order valence-corrected chi connectivity index (χ3v) is 5.77. The number of halogens is 4. The fourth-order valence-electron chi connectivity index (χ4n) is 1.54. The Hall–Kier alpha value is -0.350. The van der Waals surface area contributed by atoms with Crippen LogP contribution in [0.1, 0.15) is 13.3 Å². The first kappa shape index (κ1) is 17.7. The van der Waals surface area contributed by atoms with E-state index in [-0.39, 0.29) is 8.55 Å². The van der Waals surface area contributed by atoms with E-state index < -0.39 is 41.2 Å². The van der Waals surface area contributed by atoms with E-state index in [4.69, 9.17) is 16.7 Å². The van der Waals surface area contributed by atoms with Crippen molar-refractivity contribution in [2.24, 2.45) is 5.92 Å². The van der Waals surface area contributed by atoms with Crippen LogP contribution in [-0.2, 0) is 10.0 Å². The number of hydrogen-bond acceptors (Lipinski definition) is 4. The van der Waals surface area contributed by atoms with Gasteiger partial charge < -0.3 is 5.11 Å². The van der Waals surface area contributed by atoms with Crippen LogP contribution < -0.4 is 4.72 Å². The van der Waals surface area contributed by atoms with E-state index in [0.29, 0.717) is 0 Å². The first-order valence-corrected chi connectivity index (χ1v) is 8.18. The summed E-state index contributed by atoms with van der Waals surface area (Å²) >= 11 is 6.40. The topological polar surface area (TPSA) is 66.4 Å². The van der Waals surface area contributed by atoms with E-state index >= 15 is 0 Å². The molecule has 2 atom stereocenters. The Labute approximate surface area is 123 Å². The van der Waals surface area contributed by atoms with Crippen molar-refractivity contribution in [2.45, 2.75) is 29.8 Å². The van der Waals surface area contributed by atoms with Crippen molar-refractivity contribution in [1.82, 2.24) is 4.72 Å². The highest BCUT2D eigenvalue weighted by molar-refractivity contribution is 7.91. The number of alkyl halides is 3. The molecule has 2 N–H and O–H groups in total. The lowest BCUT2D eigenvalue weighted by molar-refractivity contribution is -0.145. The summed E-state index contributed by atoms with van der Waals surface area (Å²) in [6.07, 6.45) is -5.61. The lowest BCUT2D eigenvalue weighted by atomic mass is 10.00. The van der Waals surface area contributed by atoms with Crippen LogP contribution in [0.5, 0.6) is 0 Å². The highest BCUT2D eigenvalue weighted by Gasteiger charge is 2.35. The van der Waals surface area contributed by atoms with Gasteiger partial charge >= 0.3 is 6.18 Å². The van der Waals surface area contributed by atoms with Gasteiger partial charge in [0.05, 0.1) is 10.9 Å². The average molecular weight is 352 g/mol. The standard InChI is InChI=1S/C10H13ClF3NO3S2/c1-6(4-10(12,13)14)7(5-16)15-20(17,18)9-3-2-8(11)19-9/h2-3,6-7,15-16H,4-5H2,1H3/t6-,7+/m0/s1. The summed E-state index contributed by atoms with van der Waals surface area (Å²) in [5, 5.41) is 9.09. The fourth-order valence-corrected chi connectivity index (χ4v) is 4.38. The minimum absolute atomic E-state index is 0.111. The maximum Gasteiger partial charge on any atom is 0.389 e. The molecular formula is C10H13ClF3NO3S2. The monoisotopic (exact) mass is 351 g/mol. The molecule has 0 aliphatic heterocycles. The van der Waals surface area contributed by atoms with E-state index in [2.05, 4.69) is 4.72 Å². The van der Waals surface area contributed by atoms with E-state index in [9.17, 15) is 21.6 Å². The summed E-state index contributed by atoms with van der Waals surface area (Å²) in [6, 6.07) is 1.40. The quantitative estimate of drug-likeness (QED) is 0.828. The van der Waals surface area contributed by atoms with Gasteiger partial charge in [-0.2, -0.15) is 13.2 Å². The fraction of sp³-hybridized carbons (Fsp3) is 0.600. The molecule has 1 aromatic heterocycles. The Bertz CT molecular complexity index is 544. The van der Waals surface area contributed by atoms with Gasteiger partial charge in [-0.15, -0.1) is 11.3 Å². The normalized spacial score (nSPS) is 16.1. The molecule has 0 aromatic carbocycles. The van der Waals surface area contributed by atoms with Gasteiger partial charge in [-0.3, -0.25) is 0 Å². The van der Waals surface area contributed by atoms with Gasteiger partial charge in [0.2, 0.25) is 10.0 Å². The lowest BCUT2D eigenvalue weighted by Crippen LogP contribution is -2.43. The molecule has 0 saturated heterocycles. The average Bonchev–Trinajstić information content (AvgIpc) is 2.71. The maximum absolute atomic E-state index is 12.3. The zero-order valence-electron chi connectivity index (χ0n) is 10.3. The summed E-state index contributed by atoms with van der Waals surface area (Å²) in [4.78, 5) is 0. The highest BCUT2D eigenvalue weighted by atomic mass is 35.5. The Kier molecular flexibility index (Phi) is 5.85. The summed E-state index contributed by atoms with van der Waals surface area (Å²) in [5.74, 6) is -1.09. The molecule has 20 heavy (non-hydrogen) atoms. The van der Waals surface area contributed by atoms with Crippen LogP contribution in [0.15, 0.2) is 16.3 Å². The number of hydrogen-bond donors (Lipinski definition) is 2. The predicted molar refractivity (Wildman–Crippen MR) is 70.4 cm³/mol. The first-order valence-electron chi connectivity index (χ1n) is 5.50. The minimum Gasteiger partial charge on any atom is -0.395 e. The Morgan fingerprint density at radius 2 is 2.05 bits per heavy atom. The second kappa shape index (κ2) is 6.61. The lowest BCUT2D eigenvalue weighted by Gasteiger charge is -2.23. The molecule has 0 spiro atoms. The number of aliphatic hydroxyl groups excluding tert-OH is 1. The molecule has 0 aliphatic rings. The molecule has 1 aromatic rings. The minimum atomic E-state index is -4.43. The molecule has 0 bridgehead atoms. The van der Waals surface area contributed by atoms with Crippen LogP contribution >= 0.6 is 22.9 Å². The molecule has 0 aliphatic carbocycles. The molecule has 10 heteroatoms. The van der Waals surface area contributed by atoms with Crippen LogP contribution in [0.4, 0.5) is 13.2 Å².